The Balaban J connectivity index is 1.67. The van der Waals surface area contributed by atoms with Gasteiger partial charge in [-0.15, -0.1) is 0 Å². The summed E-state index contributed by atoms with van der Waals surface area (Å²) in [6, 6.07) is 14.6. The Morgan fingerprint density at radius 3 is 2.07 bits per heavy atom. The van der Waals surface area contributed by atoms with Gasteiger partial charge in [-0.3, -0.25) is 9.79 Å². The number of carbonyl (C=O) groups is 1. The Morgan fingerprint density at radius 1 is 0.966 bits per heavy atom. The smallest absolute Gasteiger partial charge is 0.243 e. The van der Waals surface area contributed by atoms with Crippen molar-refractivity contribution < 1.29 is 13.2 Å². The Bertz CT molecular complexity index is 976. The molecule has 1 amide bonds. The molecule has 8 heteroatoms. The lowest BCUT2D eigenvalue weighted by atomic mass is 10.2. The van der Waals surface area contributed by atoms with Crippen LogP contribution in [0, 0.1) is 0 Å². The molecule has 0 aromatic heterocycles. The maximum Gasteiger partial charge on any atom is 0.243 e. The molecular weight excluding hydrogens is 388 g/mol. The van der Waals surface area contributed by atoms with Gasteiger partial charge in [0.1, 0.15) is 0 Å². The lowest BCUT2D eigenvalue weighted by molar-refractivity contribution is -0.129. The van der Waals surface area contributed by atoms with Crippen LogP contribution in [0.15, 0.2) is 58.4 Å². The van der Waals surface area contributed by atoms with Gasteiger partial charge in [0.2, 0.25) is 15.9 Å². The average molecular weight is 415 g/mol. The molecule has 3 rings (SSSR count). The summed E-state index contributed by atoms with van der Waals surface area (Å²) >= 11 is 0. The van der Waals surface area contributed by atoms with Gasteiger partial charge in [-0.05, 0) is 42.0 Å². The van der Waals surface area contributed by atoms with Crippen LogP contribution < -0.4 is 4.90 Å². The van der Waals surface area contributed by atoms with Crippen molar-refractivity contribution in [1.82, 2.24) is 9.21 Å². The van der Waals surface area contributed by atoms with E-state index < -0.39 is 10.0 Å². The van der Waals surface area contributed by atoms with E-state index in [9.17, 15) is 13.2 Å². The Hall–Kier alpha value is -2.71. The zero-order chi connectivity index (χ0) is 21.0. The fraction of sp³-hybridized carbons (Fsp3) is 0.333. The summed E-state index contributed by atoms with van der Waals surface area (Å²) in [5.41, 5.74) is 2.76. The van der Waals surface area contributed by atoms with E-state index in [0.717, 1.165) is 11.3 Å². The number of aliphatic imine (C=N–C) groups is 1. The molecule has 7 nitrogen and oxygen atoms in total. The number of rotatable bonds is 5. The summed E-state index contributed by atoms with van der Waals surface area (Å²) < 4.78 is 27.1. The number of carbonyl (C=O) groups excluding carboxylic acids is 1. The van der Waals surface area contributed by atoms with Crippen molar-refractivity contribution >= 4 is 33.5 Å². The molecule has 0 aliphatic carbocycles. The van der Waals surface area contributed by atoms with Crippen molar-refractivity contribution in [3.05, 3.63) is 54.1 Å². The molecule has 1 aliphatic heterocycles. The van der Waals surface area contributed by atoms with Crippen LogP contribution in [0.3, 0.4) is 0 Å². The van der Waals surface area contributed by atoms with E-state index in [1.807, 2.05) is 43.3 Å². The standard InChI is InChI=1S/C21H26N4O3S/c1-17(26)24-12-14-25(15-13-24)29(27,28)21-10-6-19(7-11-21)22-16-18-4-8-20(9-5-18)23(2)3/h4-11,16H,12-15H2,1-3H3. The molecule has 1 saturated heterocycles. The maximum atomic E-state index is 12.8. The summed E-state index contributed by atoms with van der Waals surface area (Å²) in [5.74, 6) is -0.0272. The van der Waals surface area contributed by atoms with Crippen LogP contribution >= 0.6 is 0 Å². The third kappa shape index (κ3) is 5.02. The first-order valence-electron chi connectivity index (χ1n) is 9.44. The van der Waals surface area contributed by atoms with Crippen molar-refractivity contribution in [2.24, 2.45) is 4.99 Å². The summed E-state index contributed by atoms with van der Waals surface area (Å²) in [5, 5.41) is 0. The van der Waals surface area contributed by atoms with Crippen LogP contribution in [-0.2, 0) is 14.8 Å². The maximum absolute atomic E-state index is 12.8. The molecule has 0 saturated carbocycles. The molecule has 1 aliphatic rings. The molecule has 0 atom stereocenters. The van der Waals surface area contributed by atoms with E-state index in [0.29, 0.717) is 31.9 Å². The first kappa shape index (κ1) is 21.0. The largest absolute Gasteiger partial charge is 0.378 e. The summed E-state index contributed by atoms with van der Waals surface area (Å²) in [6.45, 7) is 2.96. The van der Waals surface area contributed by atoms with Gasteiger partial charge < -0.3 is 9.80 Å². The molecule has 154 valence electrons. The van der Waals surface area contributed by atoms with E-state index in [2.05, 4.69) is 4.99 Å². The SMILES string of the molecule is CC(=O)N1CCN(S(=O)(=O)c2ccc(N=Cc3ccc(N(C)C)cc3)cc2)CC1. The number of sulfonamides is 1. The van der Waals surface area contributed by atoms with Crippen LogP contribution in [0.5, 0.6) is 0 Å². The van der Waals surface area contributed by atoms with Crippen molar-refractivity contribution in [3.8, 4) is 0 Å². The average Bonchev–Trinajstić information content (AvgIpc) is 2.73. The molecule has 2 aromatic carbocycles. The third-order valence-corrected chi connectivity index (χ3v) is 6.84. The van der Waals surface area contributed by atoms with Crippen molar-refractivity contribution in [3.63, 3.8) is 0 Å². The highest BCUT2D eigenvalue weighted by atomic mass is 32.2. The molecule has 0 radical (unpaired) electrons. The Morgan fingerprint density at radius 2 is 1.55 bits per heavy atom. The van der Waals surface area contributed by atoms with Gasteiger partial charge in [-0.25, -0.2) is 8.42 Å². The van der Waals surface area contributed by atoms with Gasteiger partial charge in [0, 0.05) is 59.1 Å². The minimum absolute atomic E-state index is 0.0272. The number of amides is 1. The lowest BCUT2D eigenvalue weighted by Gasteiger charge is -2.33. The van der Waals surface area contributed by atoms with Gasteiger partial charge in [-0.1, -0.05) is 12.1 Å². The second-order valence-corrected chi connectivity index (χ2v) is 9.09. The highest BCUT2D eigenvalue weighted by Gasteiger charge is 2.29. The topological polar surface area (TPSA) is 73.3 Å². The Kier molecular flexibility index (Phi) is 6.34. The van der Waals surface area contributed by atoms with Crippen molar-refractivity contribution in [1.29, 1.82) is 0 Å². The predicted molar refractivity (Wildman–Crippen MR) is 115 cm³/mol. The fourth-order valence-corrected chi connectivity index (χ4v) is 4.53. The monoisotopic (exact) mass is 414 g/mol. The van der Waals surface area contributed by atoms with Crippen LogP contribution in [0.4, 0.5) is 11.4 Å². The zero-order valence-corrected chi connectivity index (χ0v) is 17.8. The zero-order valence-electron chi connectivity index (χ0n) is 16.9. The summed E-state index contributed by atoms with van der Waals surface area (Å²) in [7, 11) is 0.407. The third-order valence-electron chi connectivity index (χ3n) is 4.93. The minimum atomic E-state index is -3.57. The van der Waals surface area contributed by atoms with Gasteiger partial charge in [0.05, 0.1) is 10.6 Å². The molecule has 29 heavy (non-hydrogen) atoms. The van der Waals surface area contributed by atoms with E-state index in [1.165, 1.54) is 11.2 Å². The van der Waals surface area contributed by atoms with Crippen molar-refractivity contribution in [2.75, 3.05) is 45.2 Å². The van der Waals surface area contributed by atoms with E-state index in [-0.39, 0.29) is 10.8 Å². The lowest BCUT2D eigenvalue weighted by Crippen LogP contribution is -2.49. The van der Waals surface area contributed by atoms with E-state index >= 15 is 0 Å². The second kappa shape index (κ2) is 8.75. The number of nitrogens with zero attached hydrogens (tertiary/aromatic N) is 4. The second-order valence-electron chi connectivity index (χ2n) is 7.15. The molecule has 0 unspecified atom stereocenters. The summed E-state index contributed by atoms with van der Waals surface area (Å²) in [6.07, 6.45) is 1.75. The van der Waals surface area contributed by atoms with E-state index in [1.54, 1.807) is 35.4 Å². The van der Waals surface area contributed by atoms with Gasteiger partial charge in [0.15, 0.2) is 0 Å². The molecule has 0 bridgehead atoms. The number of benzene rings is 2. The first-order chi connectivity index (χ1) is 13.8. The normalized spacial score (nSPS) is 15.6. The van der Waals surface area contributed by atoms with E-state index in [4.69, 9.17) is 0 Å². The molecule has 0 spiro atoms. The Labute approximate surface area is 172 Å². The number of hydrogen-bond donors (Lipinski definition) is 0. The van der Waals surface area contributed by atoms with Crippen LogP contribution in [0.2, 0.25) is 0 Å². The van der Waals surface area contributed by atoms with Gasteiger partial charge in [-0.2, -0.15) is 4.31 Å². The summed E-state index contributed by atoms with van der Waals surface area (Å²) in [4.78, 5) is 19.8. The molecular formula is C21H26N4O3S. The number of anilines is 1. The fourth-order valence-electron chi connectivity index (χ4n) is 3.10. The van der Waals surface area contributed by atoms with Crippen LogP contribution in [0.25, 0.3) is 0 Å². The minimum Gasteiger partial charge on any atom is -0.378 e. The van der Waals surface area contributed by atoms with Gasteiger partial charge in [0.25, 0.3) is 0 Å². The first-order valence-corrected chi connectivity index (χ1v) is 10.9. The van der Waals surface area contributed by atoms with Crippen molar-refractivity contribution in [2.45, 2.75) is 11.8 Å². The number of hydrogen-bond acceptors (Lipinski definition) is 5. The molecule has 0 N–H and O–H groups in total. The van der Waals surface area contributed by atoms with Crippen LogP contribution in [0.1, 0.15) is 12.5 Å². The van der Waals surface area contributed by atoms with Gasteiger partial charge >= 0.3 is 0 Å². The predicted octanol–water partition coefficient (Wildman–Crippen LogP) is 2.36. The van der Waals surface area contributed by atoms with Crippen LogP contribution in [-0.4, -0.2) is 70.0 Å². The molecule has 2 aromatic rings. The molecule has 1 heterocycles. The highest BCUT2D eigenvalue weighted by molar-refractivity contribution is 7.89. The molecule has 1 fully saturated rings. The highest BCUT2D eigenvalue weighted by Crippen LogP contribution is 2.21. The number of piperazine rings is 1. The quantitative estimate of drug-likeness (QED) is 0.704.